The van der Waals surface area contributed by atoms with Crippen molar-refractivity contribution in [2.24, 2.45) is 0 Å². The van der Waals surface area contributed by atoms with E-state index in [4.69, 9.17) is 10.00 Å². The maximum Gasteiger partial charge on any atom is 0.174 e. The average molecular weight is 271 g/mol. The lowest BCUT2D eigenvalue weighted by Gasteiger charge is -2.37. The fourth-order valence-electron chi connectivity index (χ4n) is 3.53. The highest BCUT2D eigenvalue weighted by molar-refractivity contribution is 5.47. The lowest BCUT2D eigenvalue weighted by Crippen LogP contribution is -2.44. The molecule has 2 aliphatic rings. The van der Waals surface area contributed by atoms with Crippen LogP contribution >= 0.6 is 0 Å². The van der Waals surface area contributed by atoms with E-state index in [-0.39, 0.29) is 6.61 Å². The molecule has 0 spiro atoms. The van der Waals surface area contributed by atoms with Crippen LogP contribution in [0.1, 0.15) is 25.7 Å². The van der Waals surface area contributed by atoms with Gasteiger partial charge in [0.15, 0.2) is 6.61 Å². The summed E-state index contributed by atoms with van der Waals surface area (Å²) in [5, 5.41) is 12.1. The van der Waals surface area contributed by atoms with Gasteiger partial charge < -0.3 is 15.0 Å². The predicted molar refractivity (Wildman–Crippen MR) is 78.8 cm³/mol. The van der Waals surface area contributed by atoms with Crippen LogP contribution in [-0.4, -0.2) is 36.7 Å². The Hall–Kier alpha value is -1.73. The minimum Gasteiger partial charge on any atom is -0.479 e. The molecule has 0 aromatic heterocycles. The molecule has 3 rings (SSSR count). The quantitative estimate of drug-likeness (QED) is 0.914. The minimum atomic E-state index is 0.102. The number of anilines is 1. The van der Waals surface area contributed by atoms with Crippen molar-refractivity contribution < 1.29 is 4.74 Å². The number of fused-ring (bicyclic) bond motifs is 2. The highest BCUT2D eigenvalue weighted by Crippen LogP contribution is 2.35. The van der Waals surface area contributed by atoms with E-state index in [2.05, 4.69) is 17.3 Å². The molecule has 4 nitrogen and oxygen atoms in total. The molecule has 0 saturated carbocycles. The first-order valence-corrected chi connectivity index (χ1v) is 7.34. The number of hydrogen-bond acceptors (Lipinski definition) is 4. The van der Waals surface area contributed by atoms with E-state index in [0.29, 0.717) is 6.04 Å². The van der Waals surface area contributed by atoms with Crippen molar-refractivity contribution in [2.45, 2.75) is 43.8 Å². The number of benzene rings is 1. The van der Waals surface area contributed by atoms with E-state index in [9.17, 15) is 0 Å². The molecule has 4 heteroatoms. The van der Waals surface area contributed by atoms with Crippen molar-refractivity contribution in [1.82, 2.24) is 4.90 Å². The van der Waals surface area contributed by atoms with Crippen LogP contribution in [0.15, 0.2) is 24.3 Å². The first kappa shape index (κ1) is 13.3. The van der Waals surface area contributed by atoms with Gasteiger partial charge in [-0.2, -0.15) is 5.26 Å². The Balaban J connectivity index is 1.57. The number of piperidine rings is 1. The first-order valence-electron chi connectivity index (χ1n) is 7.34. The molecule has 1 aromatic carbocycles. The molecule has 106 valence electrons. The fraction of sp³-hybridized carbons (Fsp3) is 0.562. The van der Waals surface area contributed by atoms with E-state index < -0.39 is 0 Å². The second-order valence-corrected chi connectivity index (χ2v) is 5.83. The summed E-state index contributed by atoms with van der Waals surface area (Å²) in [6.07, 6.45) is 5.17. The Labute approximate surface area is 120 Å². The molecule has 0 amide bonds. The first-order chi connectivity index (χ1) is 9.76. The smallest absolute Gasteiger partial charge is 0.174 e. The SMILES string of the molecule is CN1C2CCC1CC(Nc1ccc(OCC#N)cc1)C2. The zero-order valence-corrected chi connectivity index (χ0v) is 11.9. The lowest BCUT2D eigenvalue weighted by atomic mass is 9.98. The Morgan fingerprint density at radius 2 is 1.90 bits per heavy atom. The van der Waals surface area contributed by atoms with Gasteiger partial charge in [-0.05, 0) is 57.0 Å². The van der Waals surface area contributed by atoms with Crippen LogP contribution in [0.4, 0.5) is 5.69 Å². The van der Waals surface area contributed by atoms with E-state index in [1.807, 2.05) is 30.3 Å². The molecule has 2 heterocycles. The molecule has 1 aromatic rings. The summed E-state index contributed by atoms with van der Waals surface area (Å²) in [4.78, 5) is 2.55. The summed E-state index contributed by atoms with van der Waals surface area (Å²) in [5.41, 5.74) is 1.14. The van der Waals surface area contributed by atoms with Gasteiger partial charge in [0.05, 0.1) is 0 Å². The van der Waals surface area contributed by atoms with Gasteiger partial charge in [-0.25, -0.2) is 0 Å². The molecular weight excluding hydrogens is 250 g/mol. The molecule has 2 bridgehead atoms. The highest BCUT2D eigenvalue weighted by Gasteiger charge is 2.38. The summed E-state index contributed by atoms with van der Waals surface area (Å²) in [6.45, 7) is 0.102. The summed E-state index contributed by atoms with van der Waals surface area (Å²) < 4.78 is 5.26. The Kier molecular flexibility index (Phi) is 3.79. The number of ether oxygens (including phenoxy) is 1. The number of nitrogens with zero attached hydrogens (tertiary/aromatic N) is 2. The molecule has 20 heavy (non-hydrogen) atoms. The monoisotopic (exact) mass is 271 g/mol. The summed E-state index contributed by atoms with van der Waals surface area (Å²) in [6, 6.07) is 12.0. The third-order valence-corrected chi connectivity index (χ3v) is 4.63. The van der Waals surface area contributed by atoms with Crippen LogP contribution in [0.25, 0.3) is 0 Å². The maximum atomic E-state index is 8.48. The molecule has 2 unspecified atom stereocenters. The molecule has 2 fully saturated rings. The van der Waals surface area contributed by atoms with Gasteiger partial charge in [-0.1, -0.05) is 0 Å². The minimum absolute atomic E-state index is 0.102. The standard InChI is InChI=1S/C16H21N3O/c1-19-14-4-5-15(19)11-13(10-14)18-12-2-6-16(7-3-12)20-9-8-17/h2-3,6-7,13-15,18H,4-5,9-11H2,1H3. The van der Waals surface area contributed by atoms with Gasteiger partial charge in [-0.3, -0.25) is 0 Å². The normalized spacial score (nSPS) is 28.9. The molecule has 1 N–H and O–H groups in total. The van der Waals surface area contributed by atoms with E-state index in [1.54, 1.807) is 0 Å². The Morgan fingerprint density at radius 1 is 1.25 bits per heavy atom. The third kappa shape index (κ3) is 2.73. The van der Waals surface area contributed by atoms with Crippen molar-refractivity contribution in [3.8, 4) is 11.8 Å². The second-order valence-electron chi connectivity index (χ2n) is 5.83. The third-order valence-electron chi connectivity index (χ3n) is 4.63. The number of nitriles is 1. The topological polar surface area (TPSA) is 48.3 Å². The van der Waals surface area contributed by atoms with Crippen LogP contribution in [0, 0.1) is 11.3 Å². The van der Waals surface area contributed by atoms with Crippen LogP contribution in [0.3, 0.4) is 0 Å². The van der Waals surface area contributed by atoms with Crippen LogP contribution < -0.4 is 10.1 Å². The van der Waals surface area contributed by atoms with E-state index in [0.717, 1.165) is 23.5 Å². The van der Waals surface area contributed by atoms with Crippen molar-refractivity contribution in [3.63, 3.8) is 0 Å². The Bertz CT molecular complexity index is 479. The number of rotatable bonds is 4. The van der Waals surface area contributed by atoms with Crippen molar-refractivity contribution in [3.05, 3.63) is 24.3 Å². The van der Waals surface area contributed by atoms with Gasteiger partial charge in [-0.15, -0.1) is 0 Å². The fourth-order valence-corrected chi connectivity index (χ4v) is 3.53. The average Bonchev–Trinajstić information content (AvgIpc) is 2.69. The van der Waals surface area contributed by atoms with Gasteiger partial charge in [0.2, 0.25) is 0 Å². The molecule has 2 atom stereocenters. The van der Waals surface area contributed by atoms with Crippen LogP contribution in [0.5, 0.6) is 5.75 Å². The lowest BCUT2D eigenvalue weighted by molar-refractivity contribution is 0.169. The van der Waals surface area contributed by atoms with E-state index >= 15 is 0 Å². The van der Waals surface area contributed by atoms with Crippen molar-refractivity contribution in [2.75, 3.05) is 19.0 Å². The van der Waals surface area contributed by atoms with Gasteiger partial charge in [0.1, 0.15) is 11.8 Å². The van der Waals surface area contributed by atoms with Crippen molar-refractivity contribution >= 4 is 5.69 Å². The van der Waals surface area contributed by atoms with Gasteiger partial charge in [0, 0.05) is 23.8 Å². The van der Waals surface area contributed by atoms with Gasteiger partial charge >= 0.3 is 0 Å². The summed E-state index contributed by atoms with van der Waals surface area (Å²) in [5.74, 6) is 0.751. The maximum absolute atomic E-state index is 8.48. The largest absolute Gasteiger partial charge is 0.479 e. The van der Waals surface area contributed by atoms with Crippen LogP contribution in [-0.2, 0) is 0 Å². The summed E-state index contributed by atoms with van der Waals surface area (Å²) in [7, 11) is 2.26. The number of hydrogen-bond donors (Lipinski definition) is 1. The summed E-state index contributed by atoms with van der Waals surface area (Å²) >= 11 is 0. The predicted octanol–water partition coefficient (Wildman–Crippen LogP) is 2.63. The molecule has 0 aliphatic carbocycles. The zero-order valence-electron chi connectivity index (χ0n) is 11.9. The molecule has 0 radical (unpaired) electrons. The molecule has 2 saturated heterocycles. The zero-order chi connectivity index (χ0) is 13.9. The van der Waals surface area contributed by atoms with Crippen LogP contribution in [0.2, 0.25) is 0 Å². The molecular formula is C16H21N3O. The Morgan fingerprint density at radius 3 is 2.50 bits per heavy atom. The highest BCUT2D eigenvalue weighted by atomic mass is 16.5. The second kappa shape index (κ2) is 5.72. The number of nitrogens with one attached hydrogen (secondary N) is 1. The van der Waals surface area contributed by atoms with E-state index in [1.165, 1.54) is 25.7 Å². The van der Waals surface area contributed by atoms with Crippen molar-refractivity contribution in [1.29, 1.82) is 5.26 Å². The molecule has 2 aliphatic heterocycles. The van der Waals surface area contributed by atoms with Gasteiger partial charge in [0.25, 0.3) is 0 Å².